The maximum atomic E-state index is 13.5. The van der Waals surface area contributed by atoms with Gasteiger partial charge in [0.05, 0.1) is 15.5 Å². The average Bonchev–Trinajstić information content (AvgIpc) is 3.24. The normalized spacial score (nSPS) is 11.4. The number of hydrogen-bond acceptors (Lipinski definition) is 5. The molecule has 0 unspecified atom stereocenters. The third-order valence-electron chi connectivity index (χ3n) is 4.85. The summed E-state index contributed by atoms with van der Waals surface area (Å²) in [4.78, 5) is 18.3. The number of thiazole rings is 1. The van der Waals surface area contributed by atoms with E-state index < -0.39 is 9.84 Å². The van der Waals surface area contributed by atoms with Crippen molar-refractivity contribution in [3.05, 3.63) is 93.7 Å². The lowest BCUT2D eigenvalue weighted by atomic mass is 10.1. The lowest BCUT2D eigenvalue weighted by Gasteiger charge is -2.04. The molecule has 1 aromatic heterocycles. The molecule has 33 heavy (non-hydrogen) atoms. The molecule has 0 bridgehead atoms. The number of halogens is 2. The van der Waals surface area contributed by atoms with Gasteiger partial charge in [-0.1, -0.05) is 40.2 Å². The van der Waals surface area contributed by atoms with E-state index in [-0.39, 0.29) is 21.6 Å². The Morgan fingerprint density at radius 3 is 2.18 bits per heavy atom. The van der Waals surface area contributed by atoms with Crippen LogP contribution in [0, 0.1) is 5.82 Å². The monoisotopic (exact) mass is 544 g/mol. The van der Waals surface area contributed by atoms with Crippen molar-refractivity contribution in [3.63, 3.8) is 0 Å². The van der Waals surface area contributed by atoms with E-state index in [1.165, 1.54) is 35.6 Å². The number of hydrogen-bond donors (Lipinski definition) is 1. The van der Waals surface area contributed by atoms with Gasteiger partial charge in [0, 0.05) is 22.8 Å². The van der Waals surface area contributed by atoms with Crippen LogP contribution in [0.5, 0.6) is 0 Å². The second-order valence-corrected chi connectivity index (χ2v) is 11.2. The lowest BCUT2D eigenvalue weighted by molar-refractivity contribution is 0.0950. The summed E-state index contributed by atoms with van der Waals surface area (Å²) >= 11 is 4.58. The summed E-state index contributed by atoms with van der Waals surface area (Å²) in [6.07, 6.45) is 1.15. The van der Waals surface area contributed by atoms with Crippen molar-refractivity contribution in [1.29, 1.82) is 0 Å². The van der Waals surface area contributed by atoms with E-state index in [9.17, 15) is 17.6 Å². The van der Waals surface area contributed by atoms with Crippen molar-refractivity contribution in [2.75, 3.05) is 6.26 Å². The molecule has 5 nitrogen and oxygen atoms in total. The molecule has 0 aliphatic rings. The number of carbonyl (C=O) groups is 1. The van der Waals surface area contributed by atoms with E-state index in [1.54, 1.807) is 24.3 Å². The van der Waals surface area contributed by atoms with E-state index in [4.69, 9.17) is 0 Å². The second kappa shape index (κ2) is 9.54. The van der Waals surface area contributed by atoms with Crippen molar-refractivity contribution in [1.82, 2.24) is 10.3 Å². The molecule has 4 rings (SSSR count). The van der Waals surface area contributed by atoms with Gasteiger partial charge in [-0.15, -0.1) is 11.3 Å². The SMILES string of the molecule is CS(=O)(=O)c1ccc(-c2sc(C(=O)NCc3ccc(Br)cc3)nc2-c2ccc(F)cc2)cc1. The minimum Gasteiger partial charge on any atom is -0.346 e. The topological polar surface area (TPSA) is 76.1 Å². The van der Waals surface area contributed by atoms with Gasteiger partial charge in [-0.25, -0.2) is 17.8 Å². The highest BCUT2D eigenvalue weighted by atomic mass is 79.9. The first-order valence-electron chi connectivity index (χ1n) is 9.80. The molecule has 0 spiro atoms. The number of benzene rings is 3. The molecule has 1 heterocycles. The Morgan fingerprint density at radius 2 is 1.58 bits per heavy atom. The highest BCUT2D eigenvalue weighted by molar-refractivity contribution is 9.10. The Labute approximate surface area is 203 Å². The number of nitrogens with one attached hydrogen (secondary N) is 1. The minimum atomic E-state index is -3.33. The molecule has 168 valence electrons. The molecule has 0 radical (unpaired) electrons. The molecular formula is C24H18BrFN2O3S2. The van der Waals surface area contributed by atoms with E-state index in [0.717, 1.165) is 16.3 Å². The molecular weight excluding hydrogens is 527 g/mol. The zero-order valence-electron chi connectivity index (χ0n) is 17.4. The lowest BCUT2D eigenvalue weighted by Crippen LogP contribution is -2.22. The first-order valence-corrected chi connectivity index (χ1v) is 13.3. The summed E-state index contributed by atoms with van der Waals surface area (Å²) in [6.45, 7) is 0.343. The summed E-state index contributed by atoms with van der Waals surface area (Å²) in [6, 6.07) is 19.9. The molecule has 1 amide bonds. The van der Waals surface area contributed by atoms with Crippen LogP contribution in [0.15, 0.2) is 82.2 Å². The number of rotatable bonds is 6. The number of carbonyl (C=O) groups excluding carboxylic acids is 1. The predicted octanol–water partition coefficient (Wildman–Crippen LogP) is 5.71. The average molecular weight is 545 g/mol. The molecule has 3 aromatic carbocycles. The van der Waals surface area contributed by atoms with Crippen LogP contribution in [0.4, 0.5) is 4.39 Å². The Hall–Kier alpha value is -2.88. The fourth-order valence-corrected chi connectivity index (χ4v) is 5.03. The molecule has 4 aromatic rings. The Balaban J connectivity index is 1.68. The van der Waals surface area contributed by atoms with Crippen LogP contribution < -0.4 is 5.32 Å². The van der Waals surface area contributed by atoms with Gasteiger partial charge in [0.1, 0.15) is 5.82 Å². The Bertz CT molecular complexity index is 1400. The van der Waals surface area contributed by atoms with Gasteiger partial charge in [0.15, 0.2) is 14.8 Å². The fourth-order valence-electron chi connectivity index (χ4n) is 3.13. The second-order valence-electron chi connectivity index (χ2n) is 7.31. The predicted molar refractivity (Wildman–Crippen MR) is 131 cm³/mol. The third-order valence-corrected chi connectivity index (χ3v) is 7.61. The summed E-state index contributed by atoms with van der Waals surface area (Å²) in [5, 5.41) is 3.13. The number of aromatic nitrogens is 1. The molecule has 0 fully saturated rings. The van der Waals surface area contributed by atoms with E-state index in [2.05, 4.69) is 26.2 Å². The van der Waals surface area contributed by atoms with Crippen LogP contribution in [0.25, 0.3) is 21.7 Å². The van der Waals surface area contributed by atoms with E-state index in [1.807, 2.05) is 24.3 Å². The molecule has 0 aliphatic heterocycles. The quantitative estimate of drug-likeness (QED) is 0.337. The van der Waals surface area contributed by atoms with Crippen molar-refractivity contribution in [3.8, 4) is 21.7 Å². The van der Waals surface area contributed by atoms with Crippen molar-refractivity contribution in [2.45, 2.75) is 11.4 Å². The smallest absolute Gasteiger partial charge is 0.280 e. The van der Waals surface area contributed by atoms with Gasteiger partial charge >= 0.3 is 0 Å². The first kappa shape index (κ1) is 23.3. The summed E-state index contributed by atoms with van der Waals surface area (Å²) < 4.78 is 38.0. The molecule has 0 aliphatic carbocycles. The number of nitrogens with zero attached hydrogens (tertiary/aromatic N) is 1. The van der Waals surface area contributed by atoms with Crippen molar-refractivity contribution in [2.24, 2.45) is 0 Å². The minimum absolute atomic E-state index is 0.201. The third kappa shape index (κ3) is 5.55. The van der Waals surface area contributed by atoms with Gasteiger partial charge in [0.2, 0.25) is 0 Å². The largest absolute Gasteiger partial charge is 0.346 e. The van der Waals surface area contributed by atoms with Crippen LogP contribution in [0.2, 0.25) is 0 Å². The van der Waals surface area contributed by atoms with Crippen LogP contribution >= 0.6 is 27.3 Å². The first-order chi connectivity index (χ1) is 15.7. The van der Waals surface area contributed by atoms with Crippen LogP contribution in [0.3, 0.4) is 0 Å². The van der Waals surface area contributed by atoms with Gasteiger partial charge in [-0.2, -0.15) is 0 Å². The van der Waals surface area contributed by atoms with Gasteiger partial charge in [0.25, 0.3) is 5.91 Å². The molecule has 0 saturated carbocycles. The van der Waals surface area contributed by atoms with Crippen LogP contribution in [0.1, 0.15) is 15.4 Å². The number of amides is 1. The highest BCUT2D eigenvalue weighted by Gasteiger charge is 2.20. The zero-order valence-corrected chi connectivity index (χ0v) is 20.6. The van der Waals surface area contributed by atoms with Gasteiger partial charge in [-0.3, -0.25) is 4.79 Å². The standard InChI is InChI=1S/C24H18BrFN2O3S2/c1-33(30,31)20-12-6-17(7-13-20)22-21(16-4-10-19(26)11-5-16)28-24(32-22)23(29)27-14-15-2-8-18(25)9-3-15/h2-13H,14H2,1H3,(H,27,29). The van der Waals surface area contributed by atoms with E-state index in [0.29, 0.717) is 28.2 Å². The van der Waals surface area contributed by atoms with Crippen molar-refractivity contribution < 1.29 is 17.6 Å². The molecule has 0 saturated heterocycles. The summed E-state index contributed by atoms with van der Waals surface area (Å²) in [5.74, 6) is -0.703. The van der Waals surface area contributed by atoms with Crippen LogP contribution in [-0.4, -0.2) is 25.6 Å². The fraction of sp³-hybridized carbons (Fsp3) is 0.0833. The Morgan fingerprint density at radius 1 is 0.970 bits per heavy atom. The highest BCUT2D eigenvalue weighted by Crippen LogP contribution is 2.37. The molecule has 1 N–H and O–H groups in total. The summed E-state index contributed by atoms with van der Waals surface area (Å²) in [7, 11) is -3.33. The molecule has 9 heteroatoms. The Kier molecular flexibility index (Phi) is 6.73. The molecule has 0 atom stereocenters. The van der Waals surface area contributed by atoms with E-state index >= 15 is 0 Å². The number of sulfone groups is 1. The zero-order chi connectivity index (χ0) is 23.6. The van der Waals surface area contributed by atoms with Gasteiger partial charge in [-0.05, 0) is 59.7 Å². The summed E-state index contributed by atoms with van der Waals surface area (Å²) in [5.41, 5.74) is 2.84. The van der Waals surface area contributed by atoms with Gasteiger partial charge < -0.3 is 5.32 Å². The van der Waals surface area contributed by atoms with Crippen molar-refractivity contribution >= 4 is 43.0 Å². The maximum absolute atomic E-state index is 13.5. The van der Waals surface area contributed by atoms with Crippen LogP contribution in [-0.2, 0) is 16.4 Å². The maximum Gasteiger partial charge on any atom is 0.280 e.